The molecule has 0 N–H and O–H groups in total. The molecular weight excluding hydrogens is 568 g/mol. The van der Waals surface area contributed by atoms with E-state index in [0.717, 1.165) is 89.1 Å². The minimum absolute atomic E-state index is 0.135. The van der Waals surface area contributed by atoms with Crippen LogP contribution >= 0.6 is 0 Å². The van der Waals surface area contributed by atoms with E-state index in [0.29, 0.717) is 0 Å². The van der Waals surface area contributed by atoms with Gasteiger partial charge in [-0.1, -0.05) is 48.5 Å². The summed E-state index contributed by atoms with van der Waals surface area (Å²) in [6.07, 6.45) is 7.39. The summed E-state index contributed by atoms with van der Waals surface area (Å²) in [4.78, 5) is 8.73. The van der Waals surface area contributed by atoms with Crippen molar-refractivity contribution in [3.05, 3.63) is 146 Å². The number of rotatable bonds is 4. The standard InChI is InChI=1S/C41H26N2O3/c1-2-8-39-34(7-1)37-20-26(11-14-40(37)46-39)28-9-12-35-36-21-27(10-13-38(36)44-25-45-41(35)22-28)31-17-32(29-5-3-15-42-23-29)19-33(18-31)30-6-4-16-43-24-30/h1-24H,25H2. The molecule has 0 radical (unpaired) electrons. The van der Waals surface area contributed by atoms with Crippen molar-refractivity contribution in [1.82, 2.24) is 9.97 Å². The zero-order valence-corrected chi connectivity index (χ0v) is 24.7. The topological polar surface area (TPSA) is 57.4 Å². The number of benzene rings is 5. The Morgan fingerprint density at radius 2 is 1.04 bits per heavy atom. The molecular formula is C41H26N2O3. The summed E-state index contributed by atoms with van der Waals surface area (Å²) in [5, 5.41) is 2.21. The predicted molar refractivity (Wildman–Crippen MR) is 183 cm³/mol. The molecule has 218 valence electrons. The quantitative estimate of drug-likeness (QED) is 0.203. The Morgan fingerprint density at radius 1 is 0.413 bits per heavy atom. The van der Waals surface area contributed by atoms with Gasteiger partial charge in [0, 0.05) is 57.8 Å². The van der Waals surface area contributed by atoms with Crippen LogP contribution in [0, 0.1) is 0 Å². The van der Waals surface area contributed by atoms with Gasteiger partial charge in [0.2, 0.25) is 6.79 Å². The van der Waals surface area contributed by atoms with Crippen molar-refractivity contribution in [3.8, 4) is 67.1 Å². The molecule has 1 aliphatic rings. The third-order valence-corrected chi connectivity index (χ3v) is 8.65. The lowest BCUT2D eigenvalue weighted by Gasteiger charge is -2.14. The summed E-state index contributed by atoms with van der Waals surface area (Å²) >= 11 is 0. The first-order valence-corrected chi connectivity index (χ1v) is 15.2. The largest absolute Gasteiger partial charge is 0.457 e. The normalized spacial score (nSPS) is 12.2. The van der Waals surface area contributed by atoms with Crippen LogP contribution in [0.15, 0.2) is 151 Å². The fourth-order valence-electron chi connectivity index (χ4n) is 6.35. The van der Waals surface area contributed by atoms with Gasteiger partial charge in [-0.05, 0) is 106 Å². The zero-order valence-electron chi connectivity index (χ0n) is 24.7. The lowest BCUT2D eigenvalue weighted by atomic mass is 9.92. The van der Waals surface area contributed by atoms with Crippen molar-refractivity contribution < 1.29 is 13.9 Å². The number of aromatic nitrogens is 2. The number of hydrogen-bond donors (Lipinski definition) is 0. The van der Waals surface area contributed by atoms with Gasteiger partial charge >= 0.3 is 0 Å². The fraction of sp³-hybridized carbons (Fsp3) is 0.0244. The molecule has 5 heteroatoms. The van der Waals surface area contributed by atoms with Gasteiger partial charge in [-0.25, -0.2) is 0 Å². The van der Waals surface area contributed by atoms with Crippen LogP contribution in [-0.2, 0) is 0 Å². The summed E-state index contributed by atoms with van der Waals surface area (Å²) in [5.74, 6) is 1.57. The highest BCUT2D eigenvalue weighted by molar-refractivity contribution is 6.06. The molecule has 4 heterocycles. The van der Waals surface area contributed by atoms with Gasteiger partial charge in [0.25, 0.3) is 0 Å². The van der Waals surface area contributed by atoms with Crippen LogP contribution in [0.4, 0.5) is 0 Å². The number of furan rings is 1. The van der Waals surface area contributed by atoms with Crippen LogP contribution in [-0.4, -0.2) is 16.8 Å². The van der Waals surface area contributed by atoms with Crippen LogP contribution in [0.2, 0.25) is 0 Å². The second-order valence-electron chi connectivity index (χ2n) is 11.4. The minimum Gasteiger partial charge on any atom is -0.457 e. The molecule has 3 aromatic heterocycles. The van der Waals surface area contributed by atoms with Gasteiger partial charge in [-0.3, -0.25) is 9.97 Å². The number of pyridine rings is 2. The van der Waals surface area contributed by atoms with Crippen molar-refractivity contribution in [2.75, 3.05) is 6.79 Å². The Kier molecular flexibility index (Phi) is 6.13. The van der Waals surface area contributed by atoms with Crippen LogP contribution in [0.3, 0.4) is 0 Å². The number of ether oxygens (including phenoxy) is 2. The monoisotopic (exact) mass is 594 g/mol. The van der Waals surface area contributed by atoms with E-state index in [9.17, 15) is 0 Å². The molecule has 0 saturated heterocycles. The maximum Gasteiger partial charge on any atom is 0.230 e. The van der Waals surface area contributed by atoms with Crippen molar-refractivity contribution in [3.63, 3.8) is 0 Å². The van der Waals surface area contributed by atoms with Gasteiger partial charge in [0.1, 0.15) is 22.7 Å². The minimum atomic E-state index is 0.135. The van der Waals surface area contributed by atoms with Gasteiger partial charge in [-0.15, -0.1) is 0 Å². The van der Waals surface area contributed by atoms with Gasteiger partial charge in [0.15, 0.2) is 0 Å². The van der Waals surface area contributed by atoms with Crippen LogP contribution in [0.5, 0.6) is 11.5 Å². The Bertz CT molecular complexity index is 2340. The van der Waals surface area contributed by atoms with Gasteiger partial charge < -0.3 is 13.9 Å². The zero-order chi connectivity index (χ0) is 30.5. The van der Waals surface area contributed by atoms with Crippen molar-refractivity contribution in [1.29, 1.82) is 0 Å². The Labute approximate surface area is 265 Å². The molecule has 0 saturated carbocycles. The summed E-state index contributed by atoms with van der Waals surface area (Å²) in [5.41, 5.74) is 12.4. The average molecular weight is 595 g/mol. The fourth-order valence-corrected chi connectivity index (χ4v) is 6.35. The molecule has 0 bridgehead atoms. The van der Waals surface area contributed by atoms with E-state index < -0.39 is 0 Å². The predicted octanol–water partition coefficient (Wildman–Crippen LogP) is 10.4. The summed E-state index contributed by atoms with van der Waals surface area (Å²) in [6.45, 7) is 0.135. The molecule has 0 aliphatic carbocycles. The Balaban J connectivity index is 1.14. The van der Waals surface area contributed by atoms with Crippen molar-refractivity contribution >= 4 is 21.9 Å². The second kappa shape index (κ2) is 10.8. The number of fused-ring (bicyclic) bond motifs is 6. The smallest absolute Gasteiger partial charge is 0.230 e. The van der Waals surface area contributed by atoms with E-state index in [2.05, 4.69) is 88.8 Å². The molecule has 46 heavy (non-hydrogen) atoms. The van der Waals surface area contributed by atoms with E-state index in [1.807, 2.05) is 54.9 Å². The highest BCUT2D eigenvalue weighted by atomic mass is 16.7. The maximum atomic E-state index is 6.18. The van der Waals surface area contributed by atoms with Crippen molar-refractivity contribution in [2.24, 2.45) is 0 Å². The molecule has 0 unspecified atom stereocenters. The SMILES string of the molecule is c1cncc(-c2cc(-c3cccnc3)cc(-c3ccc4c(c3)-c3ccc(-c5ccc6oc7ccccc7c6c5)cc3OCO4)c2)c1. The second-order valence-corrected chi connectivity index (χ2v) is 11.4. The highest BCUT2D eigenvalue weighted by Gasteiger charge is 2.19. The van der Waals surface area contributed by atoms with E-state index >= 15 is 0 Å². The third kappa shape index (κ3) is 4.57. The first kappa shape index (κ1) is 26.2. The Hall–Kier alpha value is -6.20. The molecule has 8 aromatic rings. The summed E-state index contributed by atoms with van der Waals surface area (Å²) in [7, 11) is 0. The molecule has 5 nitrogen and oxygen atoms in total. The lowest BCUT2D eigenvalue weighted by Crippen LogP contribution is -2.03. The Morgan fingerprint density at radius 3 is 1.80 bits per heavy atom. The first-order valence-electron chi connectivity index (χ1n) is 15.2. The third-order valence-electron chi connectivity index (χ3n) is 8.65. The van der Waals surface area contributed by atoms with Crippen LogP contribution in [0.1, 0.15) is 0 Å². The van der Waals surface area contributed by atoms with Crippen LogP contribution in [0.25, 0.3) is 77.6 Å². The van der Waals surface area contributed by atoms with Crippen molar-refractivity contribution in [2.45, 2.75) is 0 Å². The summed E-state index contributed by atoms with van der Waals surface area (Å²) in [6, 6.07) is 41.9. The molecule has 0 fully saturated rings. The van der Waals surface area contributed by atoms with Gasteiger partial charge in [-0.2, -0.15) is 0 Å². The van der Waals surface area contributed by atoms with E-state index in [1.165, 1.54) is 0 Å². The number of nitrogens with zero attached hydrogens (tertiary/aromatic N) is 2. The van der Waals surface area contributed by atoms with E-state index in [-0.39, 0.29) is 6.79 Å². The lowest BCUT2D eigenvalue weighted by molar-refractivity contribution is 0.125. The number of hydrogen-bond acceptors (Lipinski definition) is 5. The van der Waals surface area contributed by atoms with E-state index in [4.69, 9.17) is 13.9 Å². The first-order chi connectivity index (χ1) is 22.8. The van der Waals surface area contributed by atoms with E-state index in [1.54, 1.807) is 12.4 Å². The molecule has 9 rings (SSSR count). The van der Waals surface area contributed by atoms with Crippen LogP contribution < -0.4 is 9.47 Å². The molecule has 0 amide bonds. The molecule has 1 aliphatic heterocycles. The summed E-state index contributed by atoms with van der Waals surface area (Å²) < 4.78 is 18.3. The molecule has 0 atom stereocenters. The highest BCUT2D eigenvalue weighted by Crippen LogP contribution is 2.44. The number of para-hydroxylation sites is 1. The molecule has 5 aromatic carbocycles. The van der Waals surface area contributed by atoms with Gasteiger partial charge in [0.05, 0.1) is 0 Å². The average Bonchev–Trinajstić information content (AvgIpc) is 3.40. The molecule has 0 spiro atoms. The maximum absolute atomic E-state index is 6.18.